The van der Waals surface area contributed by atoms with Crippen LogP contribution in [0.1, 0.15) is 25.8 Å². The Hall–Kier alpha value is -3.88. The first kappa shape index (κ1) is 28.1. The molecule has 0 radical (unpaired) electrons. The van der Waals surface area contributed by atoms with Gasteiger partial charge in [-0.05, 0) is 43.0 Å². The summed E-state index contributed by atoms with van der Waals surface area (Å²) in [7, 11) is 0. The number of ether oxygens (including phenoxy) is 2. The molecule has 4 atom stereocenters. The Labute approximate surface area is 220 Å². The molecule has 39 heavy (non-hydrogen) atoms. The van der Waals surface area contributed by atoms with Gasteiger partial charge >= 0.3 is 5.97 Å². The summed E-state index contributed by atoms with van der Waals surface area (Å²) in [5.41, 5.74) is -0.289. The molecule has 1 aliphatic heterocycles. The average Bonchev–Trinajstić information content (AvgIpc) is 2.86. The minimum absolute atomic E-state index is 0.0245. The van der Waals surface area contributed by atoms with Gasteiger partial charge in [0.25, 0.3) is 0 Å². The van der Waals surface area contributed by atoms with Crippen LogP contribution in [0.15, 0.2) is 39.5 Å². The zero-order valence-electron chi connectivity index (χ0n) is 20.8. The molecule has 13 nitrogen and oxygen atoms in total. The number of aliphatic carboxylic acids is 1. The third-order valence-electron chi connectivity index (χ3n) is 6.47. The zero-order valence-corrected chi connectivity index (χ0v) is 20.8. The second kappa shape index (κ2) is 10.4. The van der Waals surface area contributed by atoms with Crippen molar-refractivity contribution in [2.75, 3.05) is 0 Å². The van der Waals surface area contributed by atoms with Gasteiger partial charge in [-0.25, -0.2) is 4.79 Å². The molecule has 1 saturated heterocycles. The fourth-order valence-corrected chi connectivity index (χ4v) is 4.23. The van der Waals surface area contributed by atoms with Crippen LogP contribution in [0.3, 0.4) is 0 Å². The van der Waals surface area contributed by atoms with Crippen molar-refractivity contribution >= 4 is 16.9 Å². The van der Waals surface area contributed by atoms with E-state index in [9.17, 15) is 50.4 Å². The van der Waals surface area contributed by atoms with Crippen molar-refractivity contribution in [2.24, 2.45) is 5.92 Å². The SMILES string of the molecule is CC(C)CCc1c(-c2ccc(O)cc2)oc2cc(OC3OC(C(=O)O)C(O)C(O)(O)C3O)c(O)c(O)c2c1=O. The van der Waals surface area contributed by atoms with Crippen molar-refractivity contribution in [1.82, 2.24) is 0 Å². The number of hydrogen-bond donors (Lipinski definition) is 8. The molecule has 2 aromatic carbocycles. The molecule has 3 aromatic rings. The monoisotopic (exact) mass is 548 g/mol. The number of benzene rings is 2. The maximum atomic E-state index is 13.5. The van der Waals surface area contributed by atoms with Crippen molar-refractivity contribution in [1.29, 1.82) is 0 Å². The standard InChI is InChI=1S/C26H28O13/c1-10(2)3-8-13-17(28)16-14(37-20(13)11-4-6-12(27)7-5-11)9-15(18(29)19(16)30)38-25-23(32)26(35,36)22(31)21(39-25)24(33)34/h4-7,9-10,21-23,25,27,29-32,35-36H,3,8H2,1-2H3,(H,33,34). The van der Waals surface area contributed by atoms with E-state index in [2.05, 4.69) is 0 Å². The molecule has 1 aromatic heterocycles. The predicted octanol–water partition coefficient (Wildman–Crippen LogP) is 0.756. The van der Waals surface area contributed by atoms with Crippen LogP contribution in [0.5, 0.6) is 23.0 Å². The Morgan fingerprint density at radius 3 is 2.28 bits per heavy atom. The van der Waals surface area contributed by atoms with Gasteiger partial charge in [-0.3, -0.25) is 4.79 Å². The molecule has 8 N–H and O–H groups in total. The number of aliphatic hydroxyl groups is 4. The van der Waals surface area contributed by atoms with E-state index in [0.717, 1.165) is 6.07 Å². The van der Waals surface area contributed by atoms with Crippen LogP contribution in [0.4, 0.5) is 0 Å². The molecule has 13 heteroatoms. The molecular formula is C26H28O13. The maximum absolute atomic E-state index is 13.5. The number of aromatic hydroxyl groups is 3. The molecule has 1 fully saturated rings. The number of carboxylic acid groups (broad SMARTS) is 1. The van der Waals surface area contributed by atoms with Gasteiger partial charge in [-0.2, -0.15) is 0 Å². The highest BCUT2D eigenvalue weighted by Crippen LogP contribution is 2.44. The summed E-state index contributed by atoms with van der Waals surface area (Å²) < 4.78 is 16.2. The third-order valence-corrected chi connectivity index (χ3v) is 6.47. The summed E-state index contributed by atoms with van der Waals surface area (Å²) in [6.07, 6.45) is -8.45. The van der Waals surface area contributed by atoms with Crippen molar-refractivity contribution in [3.63, 3.8) is 0 Å². The minimum atomic E-state index is -3.38. The van der Waals surface area contributed by atoms with Gasteiger partial charge in [0, 0.05) is 17.2 Å². The molecule has 2 heterocycles. The van der Waals surface area contributed by atoms with Gasteiger partial charge in [-0.15, -0.1) is 0 Å². The minimum Gasteiger partial charge on any atom is -0.508 e. The lowest BCUT2D eigenvalue weighted by Gasteiger charge is -2.43. The number of phenolic OH excluding ortho intramolecular Hbond substituents is 3. The third kappa shape index (κ3) is 5.10. The summed E-state index contributed by atoms with van der Waals surface area (Å²) in [6, 6.07) is 6.78. The summed E-state index contributed by atoms with van der Waals surface area (Å²) in [5.74, 6) is -7.50. The van der Waals surface area contributed by atoms with Crippen LogP contribution >= 0.6 is 0 Å². The summed E-state index contributed by atoms with van der Waals surface area (Å²) in [5, 5.41) is 80.1. The second-order valence-electron chi connectivity index (χ2n) is 9.72. The van der Waals surface area contributed by atoms with E-state index in [1.54, 1.807) is 0 Å². The highest BCUT2D eigenvalue weighted by Gasteiger charge is 2.58. The second-order valence-corrected chi connectivity index (χ2v) is 9.72. The summed E-state index contributed by atoms with van der Waals surface area (Å²) in [6.45, 7) is 3.91. The highest BCUT2D eigenvalue weighted by atomic mass is 16.7. The van der Waals surface area contributed by atoms with E-state index in [1.165, 1.54) is 24.3 Å². The molecule has 4 unspecified atom stereocenters. The first-order valence-electron chi connectivity index (χ1n) is 11.9. The van der Waals surface area contributed by atoms with Crippen LogP contribution in [-0.2, 0) is 16.0 Å². The molecule has 0 spiro atoms. The number of rotatable bonds is 7. The Morgan fingerprint density at radius 2 is 1.69 bits per heavy atom. The number of phenols is 3. The van der Waals surface area contributed by atoms with Gasteiger partial charge < -0.3 is 54.7 Å². The molecule has 4 rings (SSSR count). The number of carbonyl (C=O) groups is 1. The van der Waals surface area contributed by atoms with Crippen molar-refractivity contribution in [3.05, 3.63) is 46.1 Å². The van der Waals surface area contributed by atoms with Crippen molar-refractivity contribution in [2.45, 2.75) is 57.1 Å². The molecule has 210 valence electrons. The Bertz CT molecular complexity index is 1440. The Kier molecular flexibility index (Phi) is 7.47. The topological polar surface area (TPSA) is 228 Å². The number of hydrogen-bond acceptors (Lipinski definition) is 12. The van der Waals surface area contributed by atoms with Gasteiger partial charge in [0.2, 0.25) is 17.8 Å². The number of aliphatic hydroxyl groups excluding tert-OH is 2. The Balaban J connectivity index is 1.85. The zero-order chi connectivity index (χ0) is 28.8. The largest absolute Gasteiger partial charge is 0.508 e. The molecule has 0 aliphatic carbocycles. The summed E-state index contributed by atoms with van der Waals surface area (Å²) in [4.78, 5) is 24.9. The normalized spacial score (nSPS) is 22.7. The average molecular weight is 548 g/mol. The van der Waals surface area contributed by atoms with Crippen LogP contribution < -0.4 is 10.2 Å². The van der Waals surface area contributed by atoms with Gasteiger partial charge in [-0.1, -0.05) is 13.8 Å². The van der Waals surface area contributed by atoms with E-state index in [-0.39, 0.29) is 40.4 Å². The van der Waals surface area contributed by atoms with Crippen LogP contribution in [0.25, 0.3) is 22.3 Å². The predicted molar refractivity (Wildman–Crippen MR) is 132 cm³/mol. The quantitative estimate of drug-likeness (QED) is 0.151. The first-order chi connectivity index (χ1) is 18.2. The maximum Gasteiger partial charge on any atom is 0.335 e. The fraction of sp³-hybridized carbons (Fsp3) is 0.385. The van der Waals surface area contributed by atoms with Crippen LogP contribution in [0.2, 0.25) is 0 Å². The first-order valence-corrected chi connectivity index (χ1v) is 11.9. The fourth-order valence-electron chi connectivity index (χ4n) is 4.23. The van der Waals surface area contributed by atoms with E-state index in [4.69, 9.17) is 13.9 Å². The lowest BCUT2D eigenvalue weighted by atomic mass is 9.95. The number of carboxylic acids is 1. The molecule has 0 saturated carbocycles. The van der Waals surface area contributed by atoms with Crippen LogP contribution in [0, 0.1) is 5.92 Å². The smallest absolute Gasteiger partial charge is 0.335 e. The molecule has 0 amide bonds. The van der Waals surface area contributed by atoms with Gasteiger partial charge in [0.05, 0.1) is 0 Å². The number of fused-ring (bicyclic) bond motifs is 1. The van der Waals surface area contributed by atoms with Gasteiger partial charge in [0.1, 0.15) is 28.6 Å². The van der Waals surface area contributed by atoms with Crippen molar-refractivity contribution in [3.8, 4) is 34.3 Å². The van der Waals surface area contributed by atoms with E-state index in [0.29, 0.717) is 12.0 Å². The Morgan fingerprint density at radius 1 is 1.05 bits per heavy atom. The molecular weight excluding hydrogens is 520 g/mol. The highest BCUT2D eigenvalue weighted by molar-refractivity contribution is 5.90. The van der Waals surface area contributed by atoms with E-state index < -0.39 is 59.0 Å². The van der Waals surface area contributed by atoms with Crippen LogP contribution in [-0.4, -0.2) is 77.2 Å². The lowest BCUT2D eigenvalue weighted by Crippen LogP contribution is -2.69. The lowest BCUT2D eigenvalue weighted by molar-refractivity contribution is -0.369. The van der Waals surface area contributed by atoms with Gasteiger partial charge in [0.15, 0.2) is 29.1 Å². The summed E-state index contributed by atoms with van der Waals surface area (Å²) >= 11 is 0. The molecule has 1 aliphatic rings. The molecule has 0 bridgehead atoms. The van der Waals surface area contributed by atoms with Crippen molar-refractivity contribution < 1.29 is 59.5 Å². The van der Waals surface area contributed by atoms with E-state index >= 15 is 0 Å². The van der Waals surface area contributed by atoms with E-state index in [1.807, 2.05) is 13.8 Å².